The summed E-state index contributed by atoms with van der Waals surface area (Å²) in [7, 11) is 0. The number of hydrogen-bond donors (Lipinski definition) is 2. The zero-order valence-corrected chi connectivity index (χ0v) is 12.7. The fraction of sp³-hybridized carbons (Fsp3) is 0.375. The van der Waals surface area contributed by atoms with E-state index in [1.54, 1.807) is 20.8 Å². The summed E-state index contributed by atoms with van der Waals surface area (Å²) >= 11 is 0. The van der Waals surface area contributed by atoms with E-state index in [2.05, 4.69) is 10.3 Å². The van der Waals surface area contributed by atoms with Crippen LogP contribution in [-0.2, 0) is 11.3 Å². The van der Waals surface area contributed by atoms with Gasteiger partial charge in [0.2, 0.25) is 0 Å². The molecule has 2 aromatic rings. The predicted molar refractivity (Wildman–Crippen MR) is 82.4 cm³/mol. The van der Waals surface area contributed by atoms with E-state index in [4.69, 9.17) is 4.74 Å². The third-order valence-electron chi connectivity index (χ3n) is 3.11. The van der Waals surface area contributed by atoms with E-state index in [1.165, 1.54) is 0 Å². The van der Waals surface area contributed by atoms with Gasteiger partial charge >= 0.3 is 6.09 Å². The predicted octanol–water partition coefficient (Wildman–Crippen LogP) is 2.86. The molecule has 1 aromatic carbocycles. The Morgan fingerprint density at radius 1 is 1.29 bits per heavy atom. The second kappa shape index (κ2) is 5.60. The van der Waals surface area contributed by atoms with Crippen molar-refractivity contribution in [2.75, 3.05) is 0 Å². The maximum Gasteiger partial charge on any atom is 0.407 e. The Balaban J connectivity index is 2.23. The number of amides is 1. The fourth-order valence-electron chi connectivity index (χ4n) is 2.14. The van der Waals surface area contributed by atoms with E-state index in [9.17, 15) is 9.59 Å². The Bertz CT molecular complexity index is 726. The van der Waals surface area contributed by atoms with Gasteiger partial charge in [-0.05, 0) is 39.3 Å². The number of benzene rings is 1. The highest BCUT2D eigenvalue weighted by atomic mass is 16.6. The molecular formula is C16H20N2O3. The van der Waals surface area contributed by atoms with Crippen LogP contribution in [0.3, 0.4) is 0 Å². The first-order valence-corrected chi connectivity index (χ1v) is 6.85. The lowest BCUT2D eigenvalue weighted by Gasteiger charge is -2.19. The van der Waals surface area contributed by atoms with E-state index in [0.717, 1.165) is 16.5 Å². The number of pyridine rings is 1. The third-order valence-corrected chi connectivity index (χ3v) is 3.11. The van der Waals surface area contributed by atoms with Crippen molar-refractivity contribution in [1.82, 2.24) is 10.3 Å². The van der Waals surface area contributed by atoms with E-state index in [0.29, 0.717) is 5.56 Å². The summed E-state index contributed by atoms with van der Waals surface area (Å²) in [5.41, 5.74) is 1.45. The number of hydrogen-bond acceptors (Lipinski definition) is 3. The lowest BCUT2D eigenvalue weighted by molar-refractivity contribution is 0.0523. The van der Waals surface area contributed by atoms with Crippen molar-refractivity contribution in [2.45, 2.75) is 39.8 Å². The average Bonchev–Trinajstić information content (AvgIpc) is 2.36. The molecule has 0 aliphatic carbocycles. The molecule has 5 heteroatoms. The molecule has 0 spiro atoms. The summed E-state index contributed by atoms with van der Waals surface area (Å²) < 4.78 is 5.16. The van der Waals surface area contributed by atoms with Gasteiger partial charge in [0.05, 0.1) is 6.54 Å². The average molecular weight is 288 g/mol. The number of fused-ring (bicyclic) bond motifs is 1. The molecule has 0 aliphatic rings. The van der Waals surface area contributed by atoms with Gasteiger partial charge in [-0.1, -0.05) is 18.2 Å². The first kappa shape index (κ1) is 15.1. The van der Waals surface area contributed by atoms with Crippen molar-refractivity contribution in [1.29, 1.82) is 0 Å². The van der Waals surface area contributed by atoms with E-state index < -0.39 is 11.7 Å². The van der Waals surface area contributed by atoms with Crippen molar-refractivity contribution in [3.63, 3.8) is 0 Å². The molecule has 0 fully saturated rings. The van der Waals surface area contributed by atoms with Crippen LogP contribution in [-0.4, -0.2) is 16.7 Å². The van der Waals surface area contributed by atoms with Crippen LogP contribution in [0.25, 0.3) is 10.9 Å². The molecule has 0 bridgehead atoms. The fourth-order valence-corrected chi connectivity index (χ4v) is 2.14. The Morgan fingerprint density at radius 3 is 2.62 bits per heavy atom. The smallest absolute Gasteiger partial charge is 0.407 e. The molecule has 5 nitrogen and oxygen atoms in total. The highest BCUT2D eigenvalue weighted by Gasteiger charge is 2.17. The van der Waals surface area contributed by atoms with Gasteiger partial charge in [0.1, 0.15) is 5.60 Å². The summed E-state index contributed by atoms with van der Waals surface area (Å²) in [6, 6.07) is 7.58. The standard InChI is InChI=1S/C16H20N2O3/c1-10-11-7-5-6-8-13(11)18-14(19)12(10)9-17-15(20)21-16(2,3)4/h5-8H,9H2,1-4H3,(H,17,20)(H,18,19). The van der Waals surface area contributed by atoms with Crippen molar-refractivity contribution < 1.29 is 9.53 Å². The first-order valence-electron chi connectivity index (χ1n) is 6.85. The lowest BCUT2D eigenvalue weighted by atomic mass is 10.0. The molecule has 2 N–H and O–H groups in total. The Kier molecular flexibility index (Phi) is 4.02. The number of carbonyl (C=O) groups excluding carboxylic acids is 1. The summed E-state index contributed by atoms with van der Waals surface area (Å²) in [6.07, 6.45) is -0.533. The number of H-pyrrole nitrogens is 1. The van der Waals surface area contributed by atoms with Crippen LogP contribution in [0.2, 0.25) is 0 Å². The Hall–Kier alpha value is -2.30. The van der Waals surface area contributed by atoms with Crippen molar-refractivity contribution >= 4 is 17.0 Å². The minimum Gasteiger partial charge on any atom is -0.444 e. The number of aromatic amines is 1. The van der Waals surface area contributed by atoms with Crippen LogP contribution in [0.5, 0.6) is 0 Å². The van der Waals surface area contributed by atoms with Crippen LogP contribution >= 0.6 is 0 Å². The first-order chi connectivity index (χ1) is 9.78. The van der Waals surface area contributed by atoms with E-state index >= 15 is 0 Å². The number of alkyl carbamates (subject to hydrolysis) is 1. The summed E-state index contributed by atoms with van der Waals surface area (Å²) in [5, 5.41) is 3.59. The lowest BCUT2D eigenvalue weighted by Crippen LogP contribution is -2.33. The van der Waals surface area contributed by atoms with Crippen LogP contribution in [0.15, 0.2) is 29.1 Å². The number of aryl methyl sites for hydroxylation is 1. The zero-order chi connectivity index (χ0) is 15.6. The SMILES string of the molecule is Cc1c(CNC(=O)OC(C)(C)C)c(=O)[nH]c2ccccc12. The molecule has 0 aliphatic heterocycles. The molecule has 0 saturated carbocycles. The van der Waals surface area contributed by atoms with Crippen molar-refractivity contribution in [3.05, 3.63) is 45.7 Å². The molecule has 0 unspecified atom stereocenters. The number of nitrogens with one attached hydrogen (secondary N) is 2. The minimum absolute atomic E-state index is 0.140. The highest BCUT2D eigenvalue weighted by Crippen LogP contribution is 2.16. The van der Waals surface area contributed by atoms with Gasteiger partial charge in [-0.2, -0.15) is 0 Å². The summed E-state index contributed by atoms with van der Waals surface area (Å²) in [4.78, 5) is 26.6. The normalized spacial score (nSPS) is 11.4. The second-order valence-electron chi connectivity index (χ2n) is 5.96. The van der Waals surface area contributed by atoms with Crippen LogP contribution in [0, 0.1) is 6.92 Å². The second-order valence-corrected chi connectivity index (χ2v) is 5.96. The number of ether oxygens (including phenoxy) is 1. The topological polar surface area (TPSA) is 71.2 Å². The van der Waals surface area contributed by atoms with Crippen molar-refractivity contribution in [2.24, 2.45) is 0 Å². The van der Waals surface area contributed by atoms with Gasteiger partial charge in [0, 0.05) is 16.5 Å². The van der Waals surface area contributed by atoms with Crippen LogP contribution in [0.4, 0.5) is 4.79 Å². The van der Waals surface area contributed by atoms with Gasteiger partial charge in [-0.15, -0.1) is 0 Å². The van der Waals surface area contributed by atoms with Gasteiger partial charge < -0.3 is 15.0 Å². The molecule has 21 heavy (non-hydrogen) atoms. The molecule has 1 heterocycles. The molecular weight excluding hydrogens is 268 g/mol. The monoisotopic (exact) mass is 288 g/mol. The number of aromatic nitrogens is 1. The van der Waals surface area contributed by atoms with Crippen LogP contribution < -0.4 is 10.9 Å². The summed E-state index contributed by atoms with van der Waals surface area (Å²) in [5.74, 6) is 0. The van der Waals surface area contributed by atoms with Gasteiger partial charge in [0.15, 0.2) is 0 Å². The number of para-hydroxylation sites is 1. The number of carbonyl (C=O) groups is 1. The minimum atomic E-state index is -0.561. The van der Waals surface area contributed by atoms with Gasteiger partial charge in [0.25, 0.3) is 5.56 Å². The molecule has 0 radical (unpaired) electrons. The largest absolute Gasteiger partial charge is 0.444 e. The quantitative estimate of drug-likeness (QED) is 0.892. The number of rotatable bonds is 2. The molecule has 112 valence electrons. The summed E-state index contributed by atoms with van der Waals surface area (Å²) in [6.45, 7) is 7.40. The molecule has 1 aromatic heterocycles. The highest BCUT2D eigenvalue weighted by molar-refractivity contribution is 5.82. The third kappa shape index (κ3) is 3.62. The van der Waals surface area contributed by atoms with Crippen molar-refractivity contribution in [3.8, 4) is 0 Å². The van der Waals surface area contributed by atoms with E-state index in [1.807, 2.05) is 31.2 Å². The van der Waals surface area contributed by atoms with Gasteiger partial charge in [-0.25, -0.2) is 4.79 Å². The van der Waals surface area contributed by atoms with Gasteiger partial charge in [-0.3, -0.25) is 4.79 Å². The Labute approximate surface area is 123 Å². The zero-order valence-electron chi connectivity index (χ0n) is 12.7. The Morgan fingerprint density at radius 2 is 1.95 bits per heavy atom. The maximum atomic E-state index is 12.1. The molecule has 2 rings (SSSR count). The van der Waals surface area contributed by atoms with Crippen LogP contribution in [0.1, 0.15) is 31.9 Å². The maximum absolute atomic E-state index is 12.1. The molecule has 1 amide bonds. The molecule has 0 saturated heterocycles. The van der Waals surface area contributed by atoms with E-state index in [-0.39, 0.29) is 12.1 Å². The molecule has 0 atom stereocenters.